The number of nitrogens with zero attached hydrogens (tertiary/aromatic N) is 2. The second-order valence-electron chi connectivity index (χ2n) is 3.68. The molecular formula is C12H11BrN2O4. The number of carbonyl (C=O) groups is 1. The Kier molecular flexibility index (Phi) is 4.16. The molecule has 1 heterocycles. The van der Waals surface area contributed by atoms with Gasteiger partial charge in [0.2, 0.25) is 5.89 Å². The first-order chi connectivity index (χ1) is 9.10. The van der Waals surface area contributed by atoms with E-state index in [4.69, 9.17) is 14.3 Å². The Morgan fingerprint density at radius 1 is 1.42 bits per heavy atom. The zero-order valence-electron chi connectivity index (χ0n) is 10.1. The van der Waals surface area contributed by atoms with Crippen molar-refractivity contribution in [2.75, 3.05) is 0 Å². The number of aryl methyl sites for hydroxylation is 1. The number of halogens is 1. The molecule has 0 spiro atoms. The Balaban J connectivity index is 2.10. The van der Waals surface area contributed by atoms with Crippen LogP contribution in [0.1, 0.15) is 29.1 Å². The molecule has 6 nitrogen and oxygen atoms in total. The van der Waals surface area contributed by atoms with Gasteiger partial charge in [-0.25, -0.2) is 4.79 Å². The topological polar surface area (TPSA) is 85.5 Å². The molecule has 0 unspecified atom stereocenters. The van der Waals surface area contributed by atoms with Gasteiger partial charge in [-0.3, -0.25) is 0 Å². The summed E-state index contributed by atoms with van der Waals surface area (Å²) in [6.45, 7) is 2.00. The zero-order chi connectivity index (χ0) is 13.8. The van der Waals surface area contributed by atoms with Gasteiger partial charge in [0.15, 0.2) is 6.61 Å². The SMILES string of the molecule is CCc1nnc(COc2cc(C(=O)O)ccc2Br)o1. The van der Waals surface area contributed by atoms with Crippen LogP contribution in [-0.4, -0.2) is 21.3 Å². The molecule has 0 aliphatic heterocycles. The van der Waals surface area contributed by atoms with Gasteiger partial charge in [-0.15, -0.1) is 10.2 Å². The number of rotatable bonds is 5. The fraction of sp³-hybridized carbons (Fsp3) is 0.250. The summed E-state index contributed by atoms with van der Waals surface area (Å²) in [4.78, 5) is 10.9. The summed E-state index contributed by atoms with van der Waals surface area (Å²) in [5.41, 5.74) is 0.151. The van der Waals surface area contributed by atoms with Crippen LogP contribution in [0.2, 0.25) is 0 Å². The molecule has 100 valence electrons. The molecule has 0 saturated heterocycles. The number of carboxylic acid groups (broad SMARTS) is 1. The van der Waals surface area contributed by atoms with Crippen molar-refractivity contribution in [2.24, 2.45) is 0 Å². The summed E-state index contributed by atoms with van der Waals surface area (Å²) in [7, 11) is 0. The summed E-state index contributed by atoms with van der Waals surface area (Å²) >= 11 is 3.29. The standard InChI is InChI=1S/C12H11BrN2O4/c1-2-10-14-15-11(19-10)6-18-9-5-7(12(16)17)3-4-8(9)13/h3-5H,2,6H2,1H3,(H,16,17). The van der Waals surface area contributed by atoms with Gasteiger partial charge in [-0.1, -0.05) is 6.92 Å². The third kappa shape index (κ3) is 3.31. The van der Waals surface area contributed by atoms with Crippen LogP contribution >= 0.6 is 15.9 Å². The molecule has 1 N–H and O–H groups in total. The number of benzene rings is 1. The summed E-state index contributed by atoms with van der Waals surface area (Å²) < 4.78 is 11.4. The maximum absolute atomic E-state index is 10.9. The van der Waals surface area contributed by atoms with Crippen molar-refractivity contribution < 1.29 is 19.1 Å². The smallest absolute Gasteiger partial charge is 0.335 e. The van der Waals surface area contributed by atoms with E-state index in [0.717, 1.165) is 0 Å². The first-order valence-electron chi connectivity index (χ1n) is 5.57. The minimum absolute atomic E-state index is 0.0919. The second kappa shape index (κ2) is 5.83. The zero-order valence-corrected chi connectivity index (χ0v) is 11.7. The van der Waals surface area contributed by atoms with Gasteiger partial charge in [-0.2, -0.15) is 0 Å². The number of hydrogen-bond donors (Lipinski definition) is 1. The number of aromatic nitrogens is 2. The summed E-state index contributed by atoms with van der Waals surface area (Å²) in [5.74, 6) is 0.293. The summed E-state index contributed by atoms with van der Waals surface area (Å²) in [6, 6.07) is 4.54. The van der Waals surface area contributed by atoms with Crippen LogP contribution in [-0.2, 0) is 13.0 Å². The van der Waals surface area contributed by atoms with E-state index in [1.807, 2.05) is 6.92 Å². The highest BCUT2D eigenvalue weighted by atomic mass is 79.9. The average Bonchev–Trinajstić information content (AvgIpc) is 2.85. The maximum atomic E-state index is 10.9. The van der Waals surface area contributed by atoms with E-state index < -0.39 is 5.97 Å². The summed E-state index contributed by atoms with van der Waals surface area (Å²) in [5, 5.41) is 16.5. The van der Waals surface area contributed by atoms with Crippen molar-refractivity contribution in [1.82, 2.24) is 10.2 Å². The molecule has 0 bridgehead atoms. The third-order valence-electron chi connectivity index (χ3n) is 2.34. The van der Waals surface area contributed by atoms with Crippen LogP contribution in [0.15, 0.2) is 27.1 Å². The Hall–Kier alpha value is -1.89. The molecular weight excluding hydrogens is 316 g/mol. The van der Waals surface area contributed by atoms with Crippen molar-refractivity contribution in [1.29, 1.82) is 0 Å². The summed E-state index contributed by atoms with van der Waals surface area (Å²) in [6.07, 6.45) is 0.658. The Morgan fingerprint density at radius 2 is 2.16 bits per heavy atom. The number of hydrogen-bond acceptors (Lipinski definition) is 5. The number of ether oxygens (including phenoxy) is 1. The Bertz CT molecular complexity index is 597. The molecule has 0 aliphatic carbocycles. The predicted octanol–water partition coefficient (Wildman–Crippen LogP) is 2.67. The fourth-order valence-electron chi connectivity index (χ4n) is 1.38. The van der Waals surface area contributed by atoms with Crippen molar-refractivity contribution >= 4 is 21.9 Å². The number of carboxylic acids is 1. The lowest BCUT2D eigenvalue weighted by atomic mass is 10.2. The van der Waals surface area contributed by atoms with Gasteiger partial charge in [-0.05, 0) is 34.1 Å². The van der Waals surface area contributed by atoms with Crippen molar-refractivity contribution in [2.45, 2.75) is 20.0 Å². The van der Waals surface area contributed by atoms with Gasteiger partial charge >= 0.3 is 5.97 Å². The van der Waals surface area contributed by atoms with E-state index >= 15 is 0 Å². The molecule has 2 aromatic rings. The molecule has 0 aliphatic rings. The molecule has 1 aromatic carbocycles. The monoisotopic (exact) mass is 326 g/mol. The van der Waals surface area contributed by atoms with E-state index in [1.165, 1.54) is 12.1 Å². The van der Waals surface area contributed by atoms with Gasteiger partial charge in [0.1, 0.15) is 5.75 Å². The van der Waals surface area contributed by atoms with Gasteiger partial charge in [0.05, 0.1) is 10.0 Å². The molecule has 2 rings (SSSR count). The molecule has 1 aromatic heterocycles. The Morgan fingerprint density at radius 3 is 2.79 bits per heavy atom. The first kappa shape index (κ1) is 13.5. The van der Waals surface area contributed by atoms with Crippen LogP contribution < -0.4 is 4.74 Å². The largest absolute Gasteiger partial charge is 0.483 e. The van der Waals surface area contributed by atoms with E-state index in [2.05, 4.69) is 26.1 Å². The van der Waals surface area contributed by atoms with E-state index in [9.17, 15) is 4.79 Å². The Labute approximate surface area is 117 Å². The minimum atomic E-state index is -1.01. The highest BCUT2D eigenvalue weighted by Gasteiger charge is 2.10. The second-order valence-corrected chi connectivity index (χ2v) is 4.54. The lowest BCUT2D eigenvalue weighted by Crippen LogP contribution is -2.00. The molecule has 0 atom stereocenters. The van der Waals surface area contributed by atoms with Gasteiger partial charge < -0.3 is 14.3 Å². The molecule has 0 radical (unpaired) electrons. The van der Waals surface area contributed by atoms with Crippen LogP contribution in [0.3, 0.4) is 0 Å². The highest BCUT2D eigenvalue weighted by Crippen LogP contribution is 2.26. The highest BCUT2D eigenvalue weighted by molar-refractivity contribution is 9.10. The van der Waals surface area contributed by atoms with E-state index in [1.54, 1.807) is 6.07 Å². The molecule has 19 heavy (non-hydrogen) atoms. The van der Waals surface area contributed by atoms with Crippen molar-refractivity contribution in [3.63, 3.8) is 0 Å². The van der Waals surface area contributed by atoms with Crippen LogP contribution in [0.5, 0.6) is 5.75 Å². The quantitative estimate of drug-likeness (QED) is 0.909. The van der Waals surface area contributed by atoms with Crippen LogP contribution in [0.4, 0.5) is 0 Å². The van der Waals surface area contributed by atoms with Crippen molar-refractivity contribution in [3.05, 3.63) is 40.0 Å². The average molecular weight is 327 g/mol. The first-order valence-corrected chi connectivity index (χ1v) is 6.36. The lowest BCUT2D eigenvalue weighted by molar-refractivity contribution is 0.0696. The van der Waals surface area contributed by atoms with Crippen molar-refractivity contribution in [3.8, 4) is 5.75 Å². The van der Waals surface area contributed by atoms with Gasteiger partial charge in [0, 0.05) is 6.42 Å². The molecule has 0 amide bonds. The minimum Gasteiger partial charge on any atom is -0.483 e. The molecule has 0 saturated carbocycles. The van der Waals surface area contributed by atoms with Gasteiger partial charge in [0.25, 0.3) is 5.89 Å². The molecule has 7 heteroatoms. The van der Waals surface area contributed by atoms with Crippen LogP contribution in [0, 0.1) is 0 Å². The third-order valence-corrected chi connectivity index (χ3v) is 3.00. The fourth-order valence-corrected chi connectivity index (χ4v) is 1.74. The maximum Gasteiger partial charge on any atom is 0.335 e. The molecule has 0 fully saturated rings. The van der Waals surface area contributed by atoms with Crippen LogP contribution in [0.25, 0.3) is 0 Å². The predicted molar refractivity (Wildman–Crippen MR) is 69.1 cm³/mol. The van der Waals surface area contributed by atoms with E-state index in [0.29, 0.717) is 28.4 Å². The number of aromatic carboxylic acids is 1. The van der Waals surface area contributed by atoms with E-state index in [-0.39, 0.29) is 12.2 Å². The normalized spacial score (nSPS) is 10.4. The lowest BCUT2D eigenvalue weighted by Gasteiger charge is -2.06.